The van der Waals surface area contributed by atoms with Crippen molar-refractivity contribution < 1.29 is 14.0 Å². The summed E-state index contributed by atoms with van der Waals surface area (Å²) in [5.74, 6) is -0.145. The summed E-state index contributed by atoms with van der Waals surface area (Å²) in [7, 11) is 0. The maximum atomic E-state index is 13.2. The van der Waals surface area contributed by atoms with Gasteiger partial charge in [-0.3, -0.25) is 14.5 Å². The second kappa shape index (κ2) is 10.0. The number of benzene rings is 1. The van der Waals surface area contributed by atoms with Gasteiger partial charge in [-0.15, -0.1) is 12.4 Å². The van der Waals surface area contributed by atoms with Gasteiger partial charge < -0.3 is 15.5 Å². The van der Waals surface area contributed by atoms with Crippen LogP contribution in [0.1, 0.15) is 19.8 Å². The summed E-state index contributed by atoms with van der Waals surface area (Å²) < 4.78 is 13.2. The Morgan fingerprint density at radius 3 is 2.48 bits per heavy atom. The minimum Gasteiger partial charge on any atom is -0.340 e. The molecule has 2 heterocycles. The van der Waals surface area contributed by atoms with Gasteiger partial charge in [0.15, 0.2) is 0 Å². The van der Waals surface area contributed by atoms with E-state index in [0.717, 1.165) is 25.9 Å². The van der Waals surface area contributed by atoms with Crippen molar-refractivity contribution in [2.75, 3.05) is 44.6 Å². The first-order chi connectivity index (χ1) is 12.5. The highest BCUT2D eigenvalue weighted by Gasteiger charge is 2.31. The van der Waals surface area contributed by atoms with Crippen LogP contribution in [0.5, 0.6) is 0 Å². The first-order valence-corrected chi connectivity index (χ1v) is 9.34. The Bertz CT molecular complexity index is 646. The van der Waals surface area contributed by atoms with Gasteiger partial charge in [-0.25, -0.2) is 4.39 Å². The number of nitrogens with zero attached hydrogens (tertiary/aromatic N) is 2. The van der Waals surface area contributed by atoms with Gasteiger partial charge in [0.1, 0.15) is 5.82 Å². The Labute approximate surface area is 165 Å². The first kappa shape index (κ1) is 21.6. The van der Waals surface area contributed by atoms with Crippen molar-refractivity contribution in [1.29, 1.82) is 0 Å². The second-order valence-corrected chi connectivity index (χ2v) is 7.06. The molecule has 2 N–H and O–H groups in total. The summed E-state index contributed by atoms with van der Waals surface area (Å²) in [5.41, 5.74) is 0.460. The average molecular weight is 399 g/mol. The normalized spacial score (nSPS) is 19.9. The average Bonchev–Trinajstić information content (AvgIpc) is 2.67. The van der Waals surface area contributed by atoms with Crippen molar-refractivity contribution in [2.45, 2.75) is 25.8 Å². The van der Waals surface area contributed by atoms with Gasteiger partial charge in [-0.05, 0) is 51.1 Å². The van der Waals surface area contributed by atoms with Crippen molar-refractivity contribution >= 4 is 29.9 Å². The third-order valence-corrected chi connectivity index (χ3v) is 5.33. The molecule has 2 fully saturated rings. The summed E-state index contributed by atoms with van der Waals surface area (Å²) >= 11 is 0. The minimum atomic E-state index is -0.375. The van der Waals surface area contributed by atoms with Gasteiger partial charge in [0.25, 0.3) is 0 Å². The van der Waals surface area contributed by atoms with Gasteiger partial charge in [0.05, 0.1) is 6.04 Å². The van der Waals surface area contributed by atoms with E-state index in [-0.39, 0.29) is 42.0 Å². The Hall–Kier alpha value is -1.70. The quantitative estimate of drug-likeness (QED) is 0.810. The van der Waals surface area contributed by atoms with Crippen LogP contribution < -0.4 is 10.6 Å². The predicted molar refractivity (Wildman–Crippen MR) is 105 cm³/mol. The maximum Gasteiger partial charge on any atom is 0.241 e. The van der Waals surface area contributed by atoms with Crippen LogP contribution >= 0.6 is 12.4 Å². The van der Waals surface area contributed by atoms with E-state index in [0.29, 0.717) is 31.9 Å². The highest BCUT2D eigenvalue weighted by atomic mass is 35.5. The molecule has 0 aromatic heterocycles. The maximum absolute atomic E-state index is 13.2. The first-order valence-electron chi connectivity index (χ1n) is 9.34. The third-order valence-electron chi connectivity index (χ3n) is 5.33. The molecule has 3 rings (SSSR count). The standard InChI is InChI=1S/C19H27FN4O2.ClH/c1-14(18(25)22-17-4-2-3-16(20)13-17)23-9-11-24(12-10-23)19(26)15-5-7-21-8-6-15;/h2-4,13-15,21H,5-12H2,1H3,(H,22,25);1H. The molecule has 0 aliphatic carbocycles. The molecule has 1 unspecified atom stereocenters. The molecular weight excluding hydrogens is 371 g/mol. The van der Waals surface area contributed by atoms with E-state index in [1.54, 1.807) is 12.1 Å². The number of amides is 2. The Morgan fingerprint density at radius 2 is 1.85 bits per heavy atom. The fourth-order valence-corrected chi connectivity index (χ4v) is 3.64. The number of piperazine rings is 1. The summed E-state index contributed by atoms with van der Waals surface area (Å²) in [6, 6.07) is 5.57. The van der Waals surface area contributed by atoms with Crippen molar-refractivity contribution in [3.05, 3.63) is 30.1 Å². The highest BCUT2D eigenvalue weighted by molar-refractivity contribution is 5.94. The smallest absolute Gasteiger partial charge is 0.241 e. The highest BCUT2D eigenvalue weighted by Crippen LogP contribution is 2.18. The third kappa shape index (κ3) is 5.64. The van der Waals surface area contributed by atoms with E-state index in [1.807, 2.05) is 11.8 Å². The largest absolute Gasteiger partial charge is 0.340 e. The molecule has 150 valence electrons. The fourth-order valence-electron chi connectivity index (χ4n) is 3.64. The van der Waals surface area contributed by atoms with Gasteiger partial charge in [-0.2, -0.15) is 0 Å². The van der Waals surface area contributed by atoms with Crippen LogP contribution in [0.2, 0.25) is 0 Å². The van der Waals surface area contributed by atoms with E-state index in [4.69, 9.17) is 0 Å². The van der Waals surface area contributed by atoms with Crippen LogP contribution in [0.4, 0.5) is 10.1 Å². The van der Waals surface area contributed by atoms with E-state index in [1.165, 1.54) is 12.1 Å². The number of carbonyl (C=O) groups excluding carboxylic acids is 2. The molecular formula is C19H28ClFN4O2. The van der Waals surface area contributed by atoms with Gasteiger partial charge >= 0.3 is 0 Å². The van der Waals surface area contributed by atoms with Crippen molar-refractivity contribution in [3.63, 3.8) is 0 Å². The zero-order chi connectivity index (χ0) is 18.5. The van der Waals surface area contributed by atoms with Crippen LogP contribution in [0, 0.1) is 11.7 Å². The summed E-state index contributed by atoms with van der Waals surface area (Å²) in [6.07, 6.45) is 1.82. The zero-order valence-electron chi connectivity index (χ0n) is 15.6. The lowest BCUT2D eigenvalue weighted by atomic mass is 9.96. The number of anilines is 1. The number of halogens is 2. The van der Waals surface area contributed by atoms with Crippen molar-refractivity contribution in [3.8, 4) is 0 Å². The Kier molecular flexibility index (Phi) is 8.01. The molecule has 2 aliphatic heterocycles. The van der Waals surface area contributed by atoms with E-state index in [9.17, 15) is 14.0 Å². The van der Waals surface area contributed by atoms with Gasteiger partial charge in [0.2, 0.25) is 11.8 Å². The second-order valence-electron chi connectivity index (χ2n) is 7.06. The molecule has 1 aromatic carbocycles. The van der Waals surface area contributed by atoms with Crippen LogP contribution in [0.3, 0.4) is 0 Å². The molecule has 1 aromatic rings. The van der Waals surface area contributed by atoms with Gasteiger partial charge in [0, 0.05) is 37.8 Å². The zero-order valence-corrected chi connectivity index (χ0v) is 16.4. The number of piperidine rings is 1. The number of rotatable bonds is 4. The molecule has 27 heavy (non-hydrogen) atoms. The molecule has 2 aliphatic rings. The van der Waals surface area contributed by atoms with E-state index >= 15 is 0 Å². The lowest BCUT2D eigenvalue weighted by molar-refractivity contribution is -0.138. The van der Waals surface area contributed by atoms with Crippen molar-refractivity contribution in [2.24, 2.45) is 5.92 Å². The van der Waals surface area contributed by atoms with Crippen LogP contribution in [0.15, 0.2) is 24.3 Å². The lowest BCUT2D eigenvalue weighted by Gasteiger charge is -2.39. The summed E-state index contributed by atoms with van der Waals surface area (Å²) in [4.78, 5) is 29.0. The monoisotopic (exact) mass is 398 g/mol. The number of hydrogen-bond acceptors (Lipinski definition) is 4. The SMILES string of the molecule is CC(C(=O)Nc1cccc(F)c1)N1CCN(C(=O)C2CCNCC2)CC1.Cl. The van der Waals surface area contributed by atoms with E-state index in [2.05, 4.69) is 15.5 Å². The van der Waals surface area contributed by atoms with Crippen molar-refractivity contribution in [1.82, 2.24) is 15.1 Å². The summed E-state index contributed by atoms with van der Waals surface area (Å²) in [5, 5.41) is 6.04. The number of nitrogens with one attached hydrogen (secondary N) is 2. The Morgan fingerprint density at radius 1 is 1.19 bits per heavy atom. The molecule has 0 spiro atoms. The molecule has 0 bridgehead atoms. The van der Waals surface area contributed by atoms with Crippen LogP contribution in [0.25, 0.3) is 0 Å². The molecule has 0 saturated carbocycles. The number of hydrogen-bond donors (Lipinski definition) is 2. The number of carbonyl (C=O) groups is 2. The minimum absolute atomic E-state index is 0. The predicted octanol–water partition coefficient (Wildman–Crippen LogP) is 1.72. The molecule has 6 nitrogen and oxygen atoms in total. The topological polar surface area (TPSA) is 64.7 Å². The molecule has 8 heteroatoms. The van der Waals surface area contributed by atoms with Gasteiger partial charge in [-0.1, -0.05) is 6.07 Å². The molecule has 2 saturated heterocycles. The summed E-state index contributed by atoms with van der Waals surface area (Å²) in [6.45, 7) is 6.32. The molecule has 2 amide bonds. The van der Waals surface area contributed by atoms with E-state index < -0.39 is 0 Å². The van der Waals surface area contributed by atoms with Crippen LogP contribution in [-0.2, 0) is 9.59 Å². The molecule has 1 atom stereocenters. The van der Waals surface area contributed by atoms with Crippen LogP contribution in [-0.4, -0.2) is 66.9 Å². The molecule has 0 radical (unpaired) electrons. The Balaban J connectivity index is 0.00000261. The lowest BCUT2D eigenvalue weighted by Crippen LogP contribution is -2.55. The fraction of sp³-hybridized carbons (Fsp3) is 0.579.